The van der Waals surface area contributed by atoms with Crippen molar-refractivity contribution >= 4 is 22.8 Å². The zero-order valence-electron chi connectivity index (χ0n) is 8.93. The van der Waals surface area contributed by atoms with E-state index < -0.39 is 5.97 Å². The third kappa shape index (κ3) is 1.67. The van der Waals surface area contributed by atoms with Crippen molar-refractivity contribution in [1.82, 2.24) is 19.7 Å². The molecule has 0 saturated heterocycles. The van der Waals surface area contributed by atoms with Crippen molar-refractivity contribution in [2.24, 2.45) is 7.05 Å². The van der Waals surface area contributed by atoms with E-state index in [2.05, 4.69) is 20.4 Å². The van der Waals surface area contributed by atoms with Gasteiger partial charge in [-0.2, -0.15) is 5.10 Å². The van der Waals surface area contributed by atoms with E-state index in [-0.39, 0.29) is 6.54 Å². The Balaban J connectivity index is 2.48. The second kappa shape index (κ2) is 3.76. The molecule has 0 saturated carbocycles. The molecule has 0 fully saturated rings. The lowest BCUT2D eigenvalue weighted by Crippen LogP contribution is -2.14. The average molecular weight is 221 g/mol. The van der Waals surface area contributed by atoms with Crippen molar-refractivity contribution < 1.29 is 9.90 Å². The summed E-state index contributed by atoms with van der Waals surface area (Å²) in [5, 5.41) is 15.5. The van der Waals surface area contributed by atoms with Crippen LogP contribution in [-0.4, -0.2) is 37.4 Å². The van der Waals surface area contributed by atoms with E-state index in [0.717, 1.165) is 11.2 Å². The van der Waals surface area contributed by atoms with E-state index in [1.165, 1.54) is 6.33 Å². The molecule has 0 bridgehead atoms. The minimum Gasteiger partial charge on any atom is -0.480 e. The zero-order valence-corrected chi connectivity index (χ0v) is 8.93. The molecular formula is C9H11N5O2. The molecule has 2 rings (SSSR count). The van der Waals surface area contributed by atoms with Gasteiger partial charge in [0.05, 0.1) is 5.69 Å². The van der Waals surface area contributed by atoms with Crippen LogP contribution in [0, 0.1) is 6.92 Å². The summed E-state index contributed by atoms with van der Waals surface area (Å²) in [6, 6.07) is 0. The minimum atomic E-state index is -0.939. The molecule has 0 aliphatic rings. The number of aryl methyl sites for hydroxylation is 2. The Morgan fingerprint density at radius 1 is 1.56 bits per heavy atom. The molecular weight excluding hydrogens is 210 g/mol. The highest BCUT2D eigenvalue weighted by Gasteiger charge is 2.12. The van der Waals surface area contributed by atoms with E-state index >= 15 is 0 Å². The van der Waals surface area contributed by atoms with Gasteiger partial charge in [-0.3, -0.25) is 9.48 Å². The number of aliphatic carboxylic acids is 1. The monoisotopic (exact) mass is 221 g/mol. The molecule has 0 aliphatic carbocycles. The number of nitrogens with zero attached hydrogens (tertiary/aromatic N) is 4. The number of nitrogens with one attached hydrogen (secondary N) is 1. The number of fused-ring (bicyclic) bond motifs is 1. The second-order valence-electron chi connectivity index (χ2n) is 3.38. The van der Waals surface area contributed by atoms with Gasteiger partial charge in [0.25, 0.3) is 0 Å². The first-order valence-corrected chi connectivity index (χ1v) is 4.69. The molecule has 0 unspecified atom stereocenters. The Bertz CT molecular complexity index is 548. The minimum absolute atomic E-state index is 0.184. The molecule has 7 heteroatoms. The van der Waals surface area contributed by atoms with Crippen molar-refractivity contribution in [1.29, 1.82) is 0 Å². The van der Waals surface area contributed by atoms with Crippen LogP contribution in [0.15, 0.2) is 6.33 Å². The lowest BCUT2D eigenvalue weighted by atomic mass is 10.3. The Morgan fingerprint density at radius 2 is 2.31 bits per heavy atom. The van der Waals surface area contributed by atoms with Crippen molar-refractivity contribution in [2.75, 3.05) is 11.9 Å². The van der Waals surface area contributed by atoms with Crippen LogP contribution in [-0.2, 0) is 11.8 Å². The molecule has 0 amide bonds. The van der Waals surface area contributed by atoms with Crippen molar-refractivity contribution in [3.63, 3.8) is 0 Å². The second-order valence-corrected chi connectivity index (χ2v) is 3.38. The quantitative estimate of drug-likeness (QED) is 0.767. The average Bonchev–Trinajstić information content (AvgIpc) is 2.52. The molecule has 16 heavy (non-hydrogen) atoms. The summed E-state index contributed by atoms with van der Waals surface area (Å²) in [7, 11) is 1.77. The number of hydrogen-bond donors (Lipinski definition) is 2. The third-order valence-corrected chi connectivity index (χ3v) is 2.20. The molecule has 2 heterocycles. The van der Waals surface area contributed by atoms with E-state index in [1.54, 1.807) is 11.7 Å². The van der Waals surface area contributed by atoms with E-state index in [0.29, 0.717) is 11.3 Å². The first-order chi connectivity index (χ1) is 7.59. The van der Waals surface area contributed by atoms with E-state index in [1.807, 2.05) is 6.92 Å². The lowest BCUT2D eigenvalue weighted by molar-refractivity contribution is -0.134. The molecule has 7 nitrogen and oxygen atoms in total. The highest BCUT2D eigenvalue weighted by atomic mass is 16.4. The summed E-state index contributed by atoms with van der Waals surface area (Å²) in [6.45, 7) is 1.66. The largest absolute Gasteiger partial charge is 0.480 e. The molecule has 2 N–H and O–H groups in total. The standard InChI is InChI=1S/C9H11N5O2/c1-5-7-8(14(2)13-5)9(12-4-11-7)10-3-6(15)16/h4H,3H2,1-2H3,(H,15,16)(H,10,11,12). The molecule has 0 aliphatic heterocycles. The predicted octanol–water partition coefficient (Wildman–Crippen LogP) is 0.168. The number of carbonyl (C=O) groups is 1. The number of carboxylic acid groups (broad SMARTS) is 1. The molecule has 2 aromatic heterocycles. The van der Waals surface area contributed by atoms with Crippen LogP contribution in [0.25, 0.3) is 11.0 Å². The van der Waals surface area contributed by atoms with Gasteiger partial charge in [0.2, 0.25) is 0 Å². The molecule has 2 aromatic rings. The van der Waals surface area contributed by atoms with Crippen LogP contribution in [0.1, 0.15) is 5.69 Å². The van der Waals surface area contributed by atoms with Crippen LogP contribution in [0.5, 0.6) is 0 Å². The van der Waals surface area contributed by atoms with Crippen molar-refractivity contribution in [2.45, 2.75) is 6.92 Å². The van der Waals surface area contributed by atoms with Crippen molar-refractivity contribution in [3.05, 3.63) is 12.0 Å². The molecule has 0 spiro atoms. The number of anilines is 1. The van der Waals surface area contributed by atoms with E-state index in [4.69, 9.17) is 5.11 Å². The number of aromatic nitrogens is 4. The van der Waals surface area contributed by atoms with Crippen LogP contribution in [0.3, 0.4) is 0 Å². The topological polar surface area (TPSA) is 92.9 Å². The van der Waals surface area contributed by atoms with Gasteiger partial charge >= 0.3 is 5.97 Å². The smallest absolute Gasteiger partial charge is 0.322 e. The summed E-state index contributed by atoms with van der Waals surface area (Å²) < 4.78 is 1.63. The van der Waals surface area contributed by atoms with Crippen molar-refractivity contribution in [3.8, 4) is 0 Å². The molecule has 0 aromatic carbocycles. The third-order valence-electron chi connectivity index (χ3n) is 2.20. The Labute approximate surface area is 91.1 Å². The van der Waals surface area contributed by atoms with Crippen LogP contribution in [0.2, 0.25) is 0 Å². The Kier molecular flexibility index (Phi) is 2.43. The summed E-state index contributed by atoms with van der Waals surface area (Å²) in [5.74, 6) is -0.457. The van der Waals surface area contributed by atoms with E-state index in [9.17, 15) is 4.79 Å². The molecule has 0 atom stereocenters. The molecule has 84 valence electrons. The number of rotatable bonds is 3. The van der Waals surface area contributed by atoms with Gasteiger partial charge in [-0.05, 0) is 6.92 Å². The van der Waals surface area contributed by atoms with Gasteiger partial charge in [0, 0.05) is 7.05 Å². The summed E-state index contributed by atoms with van der Waals surface area (Å²) in [4.78, 5) is 18.6. The first-order valence-electron chi connectivity index (χ1n) is 4.69. The fourth-order valence-corrected chi connectivity index (χ4v) is 1.56. The van der Waals surface area contributed by atoms with Gasteiger partial charge in [-0.1, -0.05) is 0 Å². The highest BCUT2D eigenvalue weighted by molar-refractivity contribution is 5.88. The maximum absolute atomic E-state index is 10.5. The maximum atomic E-state index is 10.5. The first kappa shape index (κ1) is 10.3. The number of carboxylic acids is 1. The maximum Gasteiger partial charge on any atom is 0.322 e. The molecule has 0 radical (unpaired) electrons. The SMILES string of the molecule is Cc1nn(C)c2c(NCC(=O)O)ncnc12. The normalized spacial score (nSPS) is 10.6. The Morgan fingerprint density at radius 3 is 3.00 bits per heavy atom. The zero-order chi connectivity index (χ0) is 11.7. The number of hydrogen-bond acceptors (Lipinski definition) is 5. The fraction of sp³-hybridized carbons (Fsp3) is 0.333. The Hall–Kier alpha value is -2.18. The van der Waals surface area contributed by atoms with Gasteiger partial charge in [-0.15, -0.1) is 0 Å². The highest BCUT2D eigenvalue weighted by Crippen LogP contribution is 2.20. The summed E-state index contributed by atoms with van der Waals surface area (Å²) >= 11 is 0. The van der Waals surface area contributed by atoms with Gasteiger partial charge in [-0.25, -0.2) is 9.97 Å². The summed E-state index contributed by atoms with van der Waals surface area (Å²) in [6.07, 6.45) is 1.39. The van der Waals surface area contributed by atoms with Gasteiger partial charge in [0.15, 0.2) is 5.82 Å². The van der Waals surface area contributed by atoms with Gasteiger partial charge in [0.1, 0.15) is 23.9 Å². The fourth-order valence-electron chi connectivity index (χ4n) is 1.56. The predicted molar refractivity (Wildman–Crippen MR) is 57.2 cm³/mol. The summed E-state index contributed by atoms with van der Waals surface area (Å²) in [5.41, 5.74) is 2.23. The van der Waals surface area contributed by atoms with Crippen LogP contribution < -0.4 is 5.32 Å². The van der Waals surface area contributed by atoms with Crippen LogP contribution >= 0.6 is 0 Å². The lowest BCUT2D eigenvalue weighted by Gasteiger charge is -2.04. The van der Waals surface area contributed by atoms with Gasteiger partial charge < -0.3 is 10.4 Å². The van der Waals surface area contributed by atoms with Crippen LogP contribution in [0.4, 0.5) is 5.82 Å².